The molecule has 0 saturated heterocycles. The van der Waals surface area contributed by atoms with E-state index in [9.17, 15) is 13.2 Å². The van der Waals surface area contributed by atoms with Crippen molar-refractivity contribution in [2.75, 3.05) is 0 Å². The SMILES string of the molecule is FC(F)(F)c1ccc(-c2cccc3c2CCCC3)c(Br)c1. The lowest BCUT2D eigenvalue weighted by molar-refractivity contribution is -0.137. The van der Waals surface area contributed by atoms with Crippen LogP contribution in [-0.4, -0.2) is 0 Å². The molecule has 3 rings (SSSR count). The molecule has 0 heterocycles. The average Bonchev–Trinajstić information content (AvgIpc) is 2.46. The minimum absolute atomic E-state index is 0.497. The highest BCUT2D eigenvalue weighted by molar-refractivity contribution is 9.10. The lowest BCUT2D eigenvalue weighted by Gasteiger charge is -2.20. The molecule has 0 radical (unpaired) electrons. The van der Waals surface area contributed by atoms with Gasteiger partial charge in [-0.3, -0.25) is 0 Å². The van der Waals surface area contributed by atoms with Crippen LogP contribution in [0.3, 0.4) is 0 Å². The summed E-state index contributed by atoms with van der Waals surface area (Å²) in [6, 6.07) is 9.99. The van der Waals surface area contributed by atoms with Crippen LogP contribution in [0.4, 0.5) is 13.2 Å². The molecule has 21 heavy (non-hydrogen) atoms. The van der Waals surface area contributed by atoms with Crippen LogP contribution >= 0.6 is 15.9 Å². The van der Waals surface area contributed by atoms with E-state index in [0.29, 0.717) is 4.47 Å². The molecule has 0 atom stereocenters. The molecule has 0 aliphatic heterocycles. The molecule has 0 N–H and O–H groups in total. The Morgan fingerprint density at radius 2 is 1.67 bits per heavy atom. The first-order chi connectivity index (χ1) is 9.97. The van der Waals surface area contributed by atoms with Crippen molar-refractivity contribution < 1.29 is 13.2 Å². The summed E-state index contributed by atoms with van der Waals surface area (Å²) in [6.45, 7) is 0. The monoisotopic (exact) mass is 354 g/mol. The molecule has 2 aromatic carbocycles. The number of alkyl halides is 3. The Morgan fingerprint density at radius 3 is 2.38 bits per heavy atom. The van der Waals surface area contributed by atoms with Crippen LogP contribution in [0.1, 0.15) is 29.5 Å². The smallest absolute Gasteiger partial charge is 0.166 e. The number of benzene rings is 2. The van der Waals surface area contributed by atoms with Crippen LogP contribution in [0.5, 0.6) is 0 Å². The number of fused-ring (bicyclic) bond motifs is 1. The Bertz CT molecular complexity index is 674. The molecule has 1 aliphatic carbocycles. The van der Waals surface area contributed by atoms with E-state index >= 15 is 0 Å². The number of aryl methyl sites for hydroxylation is 1. The molecular formula is C17H14BrF3. The highest BCUT2D eigenvalue weighted by Crippen LogP contribution is 2.38. The second-order valence-corrected chi connectivity index (χ2v) is 6.20. The van der Waals surface area contributed by atoms with Gasteiger partial charge < -0.3 is 0 Å². The fourth-order valence-corrected chi connectivity index (χ4v) is 3.54. The average molecular weight is 355 g/mol. The van der Waals surface area contributed by atoms with E-state index < -0.39 is 11.7 Å². The van der Waals surface area contributed by atoms with E-state index in [1.807, 2.05) is 12.1 Å². The minimum Gasteiger partial charge on any atom is -0.166 e. The van der Waals surface area contributed by atoms with E-state index in [2.05, 4.69) is 22.0 Å². The summed E-state index contributed by atoms with van der Waals surface area (Å²) in [5, 5.41) is 0. The molecule has 0 saturated carbocycles. The van der Waals surface area contributed by atoms with Crippen LogP contribution in [0.25, 0.3) is 11.1 Å². The van der Waals surface area contributed by atoms with Crippen LogP contribution < -0.4 is 0 Å². The zero-order valence-corrected chi connectivity index (χ0v) is 12.9. The molecule has 0 aromatic heterocycles. The Balaban J connectivity index is 2.10. The largest absolute Gasteiger partial charge is 0.416 e. The zero-order valence-electron chi connectivity index (χ0n) is 11.3. The molecule has 0 bridgehead atoms. The Morgan fingerprint density at radius 1 is 0.905 bits per heavy atom. The summed E-state index contributed by atoms with van der Waals surface area (Å²) in [5.74, 6) is 0. The molecule has 0 spiro atoms. The summed E-state index contributed by atoms with van der Waals surface area (Å²) in [4.78, 5) is 0. The number of hydrogen-bond acceptors (Lipinski definition) is 0. The summed E-state index contributed by atoms with van der Waals surface area (Å²) in [7, 11) is 0. The van der Waals surface area contributed by atoms with Crippen LogP contribution in [0, 0.1) is 0 Å². The molecule has 0 unspecified atom stereocenters. The Hall–Kier alpha value is -1.29. The maximum Gasteiger partial charge on any atom is 0.416 e. The summed E-state index contributed by atoms with van der Waals surface area (Å²) in [6.07, 6.45) is 0.0739. The third-order valence-electron chi connectivity index (χ3n) is 3.98. The maximum atomic E-state index is 12.8. The van der Waals surface area contributed by atoms with E-state index in [-0.39, 0.29) is 0 Å². The molecule has 1 aliphatic rings. The van der Waals surface area contributed by atoms with Crippen molar-refractivity contribution >= 4 is 15.9 Å². The molecule has 0 fully saturated rings. The van der Waals surface area contributed by atoms with Gasteiger partial charge in [0.1, 0.15) is 0 Å². The van der Waals surface area contributed by atoms with Gasteiger partial charge in [0, 0.05) is 4.47 Å². The van der Waals surface area contributed by atoms with Gasteiger partial charge in [-0.1, -0.05) is 40.2 Å². The van der Waals surface area contributed by atoms with Gasteiger partial charge in [-0.05, 0) is 60.1 Å². The van der Waals surface area contributed by atoms with Crippen LogP contribution in [0.15, 0.2) is 40.9 Å². The van der Waals surface area contributed by atoms with Gasteiger partial charge in [-0.25, -0.2) is 0 Å². The van der Waals surface area contributed by atoms with Crippen molar-refractivity contribution in [3.8, 4) is 11.1 Å². The second kappa shape index (κ2) is 5.48. The topological polar surface area (TPSA) is 0 Å². The van der Waals surface area contributed by atoms with Gasteiger partial charge in [0.15, 0.2) is 0 Å². The van der Waals surface area contributed by atoms with Gasteiger partial charge in [-0.2, -0.15) is 13.2 Å². The third-order valence-corrected chi connectivity index (χ3v) is 4.64. The van der Waals surface area contributed by atoms with Crippen LogP contribution in [0.2, 0.25) is 0 Å². The standard InChI is InChI=1S/C17H14BrF3/c18-16-10-12(17(19,20)21)8-9-15(16)14-7-3-5-11-4-1-2-6-13(11)14/h3,5,7-10H,1-2,4,6H2. The van der Waals surface area contributed by atoms with Crippen molar-refractivity contribution in [3.05, 3.63) is 57.6 Å². The molecule has 4 heteroatoms. The lowest BCUT2D eigenvalue weighted by atomic mass is 9.86. The summed E-state index contributed by atoms with van der Waals surface area (Å²) in [5.41, 5.74) is 3.87. The first-order valence-corrected chi connectivity index (χ1v) is 7.74. The molecule has 2 aromatic rings. The number of rotatable bonds is 1. The molecule has 0 amide bonds. The lowest BCUT2D eigenvalue weighted by Crippen LogP contribution is -2.06. The van der Waals surface area contributed by atoms with Gasteiger partial charge >= 0.3 is 6.18 Å². The van der Waals surface area contributed by atoms with Gasteiger partial charge in [0.25, 0.3) is 0 Å². The predicted octanol–water partition coefficient (Wildman–Crippen LogP) is 6.01. The Labute approximate surface area is 130 Å². The van der Waals surface area contributed by atoms with Gasteiger partial charge in [0.2, 0.25) is 0 Å². The van der Waals surface area contributed by atoms with Crippen LogP contribution in [-0.2, 0) is 19.0 Å². The van der Waals surface area contributed by atoms with E-state index in [1.54, 1.807) is 6.07 Å². The highest BCUT2D eigenvalue weighted by Gasteiger charge is 2.31. The first-order valence-electron chi connectivity index (χ1n) is 6.95. The van der Waals surface area contributed by atoms with Crippen molar-refractivity contribution in [3.63, 3.8) is 0 Å². The van der Waals surface area contributed by atoms with Crippen molar-refractivity contribution in [2.45, 2.75) is 31.9 Å². The quantitative estimate of drug-likeness (QED) is 0.587. The molecule has 110 valence electrons. The summed E-state index contributed by atoms with van der Waals surface area (Å²) < 4.78 is 38.8. The van der Waals surface area contributed by atoms with Gasteiger partial charge in [-0.15, -0.1) is 0 Å². The van der Waals surface area contributed by atoms with E-state index in [0.717, 1.165) is 42.5 Å². The summed E-state index contributed by atoms with van der Waals surface area (Å²) >= 11 is 3.30. The van der Waals surface area contributed by atoms with Crippen molar-refractivity contribution in [1.82, 2.24) is 0 Å². The van der Waals surface area contributed by atoms with Gasteiger partial charge in [0.05, 0.1) is 5.56 Å². The zero-order chi connectivity index (χ0) is 15.0. The number of hydrogen-bond donors (Lipinski definition) is 0. The minimum atomic E-state index is -4.31. The maximum absolute atomic E-state index is 12.8. The second-order valence-electron chi connectivity index (χ2n) is 5.34. The van der Waals surface area contributed by atoms with Crippen molar-refractivity contribution in [2.24, 2.45) is 0 Å². The molecule has 0 nitrogen and oxygen atoms in total. The normalized spacial score (nSPS) is 14.9. The Kier molecular flexibility index (Phi) is 3.82. The highest BCUT2D eigenvalue weighted by atomic mass is 79.9. The predicted molar refractivity (Wildman–Crippen MR) is 81.2 cm³/mol. The first kappa shape index (κ1) is 14.6. The molecular weight excluding hydrogens is 341 g/mol. The van der Waals surface area contributed by atoms with E-state index in [4.69, 9.17) is 0 Å². The number of halogens is 4. The fraction of sp³-hybridized carbons (Fsp3) is 0.294. The fourth-order valence-electron chi connectivity index (χ4n) is 2.94. The van der Waals surface area contributed by atoms with E-state index in [1.165, 1.54) is 17.5 Å². The third kappa shape index (κ3) is 2.86. The van der Waals surface area contributed by atoms with Crippen molar-refractivity contribution in [1.29, 1.82) is 0 Å².